The number of benzene rings is 2. The zero-order chi connectivity index (χ0) is 19.4. The van der Waals surface area contributed by atoms with E-state index in [9.17, 15) is 14.8 Å². The van der Waals surface area contributed by atoms with Gasteiger partial charge in [0.25, 0.3) is 0 Å². The van der Waals surface area contributed by atoms with Gasteiger partial charge in [0.1, 0.15) is 23.5 Å². The van der Waals surface area contributed by atoms with E-state index >= 15 is 0 Å². The number of nitriles is 1. The summed E-state index contributed by atoms with van der Waals surface area (Å²) in [7, 11) is 1.52. The molecule has 0 unspecified atom stereocenters. The molecule has 0 saturated heterocycles. The van der Waals surface area contributed by atoms with Gasteiger partial charge in [-0.05, 0) is 29.7 Å². The summed E-state index contributed by atoms with van der Waals surface area (Å²) in [6.45, 7) is -0.355. The van der Waals surface area contributed by atoms with Crippen LogP contribution in [0.3, 0.4) is 0 Å². The Labute approximate surface area is 155 Å². The molecule has 1 heterocycles. The zero-order valence-corrected chi connectivity index (χ0v) is 14.6. The maximum Gasteiger partial charge on any atom is 0.151 e. The number of aliphatic hydroxyl groups excluding tert-OH is 2. The highest BCUT2D eigenvalue weighted by molar-refractivity contribution is 6.04. The lowest BCUT2D eigenvalue weighted by Crippen LogP contribution is -2.23. The van der Waals surface area contributed by atoms with Crippen molar-refractivity contribution in [2.24, 2.45) is 0 Å². The van der Waals surface area contributed by atoms with Crippen LogP contribution in [0.2, 0.25) is 0 Å². The summed E-state index contributed by atoms with van der Waals surface area (Å²) < 4.78 is 19.7. The first-order chi connectivity index (χ1) is 13.1. The quantitative estimate of drug-likeness (QED) is 0.620. The molecule has 27 heavy (non-hydrogen) atoms. The summed E-state index contributed by atoms with van der Waals surface area (Å²) in [4.78, 5) is 4.33. The van der Waals surface area contributed by atoms with E-state index in [1.165, 1.54) is 13.2 Å². The molecule has 0 spiro atoms. The van der Waals surface area contributed by atoms with Crippen LogP contribution in [0.25, 0.3) is 21.9 Å². The number of aromatic nitrogens is 1. The predicted molar refractivity (Wildman–Crippen MR) is 100.0 cm³/mol. The summed E-state index contributed by atoms with van der Waals surface area (Å²) in [6, 6.07) is 13.4. The highest BCUT2D eigenvalue weighted by Crippen LogP contribution is 2.37. The van der Waals surface area contributed by atoms with Crippen molar-refractivity contribution in [1.82, 2.24) is 4.98 Å². The van der Waals surface area contributed by atoms with Gasteiger partial charge in [-0.3, -0.25) is 0 Å². The molecule has 0 saturated carbocycles. The molecule has 3 aromatic rings. The highest BCUT2D eigenvalue weighted by Gasteiger charge is 2.19. The van der Waals surface area contributed by atoms with Gasteiger partial charge in [0, 0.05) is 23.1 Å². The molecular weight excluding hydrogens is 349 g/mol. The molecule has 0 aliphatic heterocycles. The number of halogens is 1. The number of hydrogen-bond donors (Lipinski definition) is 3. The molecule has 0 fully saturated rings. The standard InChI is InChI=1S/C20H18FN3O3/c1-27-13-6-7-14-16(8-13)19(15-4-2-3-5-17(15)21)18(9-22)24-20(14)23-10-12(26)11-25/h2-8,12,25-26H,10-11H2,1H3,(H,23,24)/t12-/m0/s1. The summed E-state index contributed by atoms with van der Waals surface area (Å²) in [5.74, 6) is 0.449. The van der Waals surface area contributed by atoms with E-state index in [1.807, 2.05) is 6.07 Å². The molecule has 0 aliphatic rings. The van der Waals surface area contributed by atoms with Crippen LogP contribution in [0.5, 0.6) is 5.75 Å². The molecule has 3 rings (SSSR count). The van der Waals surface area contributed by atoms with Crippen molar-refractivity contribution in [1.29, 1.82) is 5.26 Å². The second kappa shape index (κ2) is 7.99. The van der Waals surface area contributed by atoms with Crippen molar-refractivity contribution >= 4 is 16.6 Å². The lowest BCUT2D eigenvalue weighted by atomic mass is 9.96. The second-order valence-corrected chi connectivity index (χ2v) is 5.90. The third kappa shape index (κ3) is 3.67. The molecule has 138 valence electrons. The van der Waals surface area contributed by atoms with Gasteiger partial charge in [-0.2, -0.15) is 5.26 Å². The summed E-state index contributed by atoms with van der Waals surface area (Å²) >= 11 is 0. The fraction of sp³-hybridized carbons (Fsp3) is 0.200. The number of aliphatic hydroxyl groups is 2. The molecule has 6 nitrogen and oxygen atoms in total. The smallest absolute Gasteiger partial charge is 0.151 e. The molecule has 1 aromatic heterocycles. The van der Waals surface area contributed by atoms with Crippen LogP contribution in [-0.4, -0.2) is 41.6 Å². The first kappa shape index (κ1) is 18.6. The number of ether oxygens (including phenoxy) is 1. The monoisotopic (exact) mass is 367 g/mol. The predicted octanol–water partition coefficient (Wildman–Crippen LogP) is 2.69. The van der Waals surface area contributed by atoms with E-state index < -0.39 is 18.5 Å². The molecule has 0 bridgehead atoms. The Bertz CT molecular complexity index is 1020. The third-order valence-corrected chi connectivity index (χ3v) is 4.18. The van der Waals surface area contributed by atoms with Crippen molar-refractivity contribution in [3.63, 3.8) is 0 Å². The first-order valence-corrected chi connectivity index (χ1v) is 8.28. The van der Waals surface area contributed by atoms with Crippen LogP contribution in [0.4, 0.5) is 10.2 Å². The normalized spacial score (nSPS) is 11.8. The Balaban J connectivity index is 2.29. The minimum atomic E-state index is -0.975. The van der Waals surface area contributed by atoms with Crippen molar-refractivity contribution in [3.05, 3.63) is 54.0 Å². The van der Waals surface area contributed by atoms with Crippen LogP contribution in [0.15, 0.2) is 42.5 Å². The topological polar surface area (TPSA) is 98.4 Å². The lowest BCUT2D eigenvalue weighted by Gasteiger charge is -2.16. The van der Waals surface area contributed by atoms with Gasteiger partial charge in [0.15, 0.2) is 5.69 Å². The fourth-order valence-electron chi connectivity index (χ4n) is 2.85. The Morgan fingerprint density at radius 1 is 1.26 bits per heavy atom. The SMILES string of the molecule is COc1ccc2c(NC[C@H](O)CO)nc(C#N)c(-c3ccccc3F)c2c1. The van der Waals surface area contributed by atoms with Crippen LogP contribution in [0, 0.1) is 17.1 Å². The van der Waals surface area contributed by atoms with Gasteiger partial charge in [-0.15, -0.1) is 0 Å². The maximum atomic E-state index is 14.5. The van der Waals surface area contributed by atoms with Gasteiger partial charge >= 0.3 is 0 Å². The third-order valence-electron chi connectivity index (χ3n) is 4.18. The Hall–Kier alpha value is -3.21. The number of anilines is 1. The first-order valence-electron chi connectivity index (χ1n) is 8.28. The number of methoxy groups -OCH3 is 1. The average molecular weight is 367 g/mol. The molecule has 0 radical (unpaired) electrons. The molecule has 1 atom stereocenters. The Morgan fingerprint density at radius 2 is 2.04 bits per heavy atom. The van der Waals surface area contributed by atoms with E-state index in [0.717, 1.165) is 0 Å². The van der Waals surface area contributed by atoms with Crippen molar-refractivity contribution in [3.8, 4) is 22.9 Å². The summed E-state index contributed by atoms with van der Waals surface area (Å²) in [5.41, 5.74) is 0.682. The maximum absolute atomic E-state index is 14.5. The van der Waals surface area contributed by atoms with E-state index in [4.69, 9.17) is 9.84 Å². The molecule has 2 aromatic carbocycles. The summed E-state index contributed by atoms with van der Waals surface area (Å²) in [5, 5.41) is 32.4. The number of rotatable bonds is 6. The number of nitrogens with zero attached hydrogens (tertiary/aromatic N) is 2. The van der Waals surface area contributed by atoms with Crippen LogP contribution < -0.4 is 10.1 Å². The zero-order valence-electron chi connectivity index (χ0n) is 14.6. The van der Waals surface area contributed by atoms with Gasteiger partial charge in [0.2, 0.25) is 0 Å². The highest BCUT2D eigenvalue weighted by atomic mass is 19.1. The van der Waals surface area contributed by atoms with E-state index in [0.29, 0.717) is 27.9 Å². The van der Waals surface area contributed by atoms with Crippen molar-refractivity contribution in [2.75, 3.05) is 25.6 Å². The molecule has 0 aliphatic carbocycles. The van der Waals surface area contributed by atoms with Gasteiger partial charge in [-0.1, -0.05) is 18.2 Å². The lowest BCUT2D eigenvalue weighted by molar-refractivity contribution is 0.105. The van der Waals surface area contributed by atoms with Crippen LogP contribution in [0.1, 0.15) is 5.69 Å². The molecule has 7 heteroatoms. The van der Waals surface area contributed by atoms with Gasteiger partial charge < -0.3 is 20.3 Å². The number of pyridine rings is 1. The number of fused-ring (bicyclic) bond motifs is 1. The summed E-state index contributed by atoms with van der Waals surface area (Å²) in [6.07, 6.45) is -0.975. The largest absolute Gasteiger partial charge is 0.497 e. The second-order valence-electron chi connectivity index (χ2n) is 5.90. The minimum Gasteiger partial charge on any atom is -0.497 e. The molecule has 0 amide bonds. The van der Waals surface area contributed by atoms with Crippen LogP contribution in [-0.2, 0) is 0 Å². The molecular formula is C20H18FN3O3. The number of hydrogen-bond acceptors (Lipinski definition) is 6. The van der Waals surface area contributed by atoms with Gasteiger partial charge in [0.05, 0.1) is 19.8 Å². The molecule has 3 N–H and O–H groups in total. The average Bonchev–Trinajstić information content (AvgIpc) is 2.71. The van der Waals surface area contributed by atoms with Gasteiger partial charge in [-0.25, -0.2) is 9.37 Å². The Morgan fingerprint density at radius 3 is 2.70 bits per heavy atom. The Kier molecular flexibility index (Phi) is 5.50. The number of nitrogens with one attached hydrogen (secondary N) is 1. The minimum absolute atomic E-state index is 0.0434. The van der Waals surface area contributed by atoms with Crippen molar-refractivity contribution < 1.29 is 19.3 Å². The fourth-order valence-corrected chi connectivity index (χ4v) is 2.85. The van der Waals surface area contributed by atoms with Crippen LogP contribution >= 0.6 is 0 Å². The van der Waals surface area contributed by atoms with E-state index in [2.05, 4.69) is 10.3 Å². The van der Waals surface area contributed by atoms with Crippen molar-refractivity contribution in [2.45, 2.75) is 6.10 Å². The van der Waals surface area contributed by atoms with E-state index in [1.54, 1.807) is 36.4 Å². The van der Waals surface area contributed by atoms with E-state index in [-0.39, 0.29) is 17.8 Å².